The predicted octanol–water partition coefficient (Wildman–Crippen LogP) is 4.16. The molecule has 4 nitrogen and oxygen atoms in total. The number of hydrogen-bond donors (Lipinski definition) is 2. The Morgan fingerprint density at radius 2 is 2.10 bits per heavy atom. The normalized spacial score (nSPS) is 31.6. The number of anilines is 1. The van der Waals surface area contributed by atoms with Crippen molar-refractivity contribution in [2.45, 2.75) is 57.3 Å². The summed E-state index contributed by atoms with van der Waals surface area (Å²) in [6.45, 7) is 0. The molecule has 3 atom stereocenters. The maximum atomic E-state index is 7.40. The molecule has 3 unspecified atom stereocenters. The van der Waals surface area contributed by atoms with Crippen molar-refractivity contribution in [2.24, 2.45) is 11.8 Å². The Labute approximate surface area is 130 Å². The summed E-state index contributed by atoms with van der Waals surface area (Å²) in [5.41, 5.74) is 7.19. The molecule has 0 spiro atoms. The van der Waals surface area contributed by atoms with E-state index >= 15 is 0 Å². The smallest absolute Gasteiger partial charge is 0.203 e. The van der Waals surface area contributed by atoms with Gasteiger partial charge < -0.3 is 11.1 Å². The average Bonchev–Trinajstić information content (AvgIpc) is 3.09. The van der Waals surface area contributed by atoms with Gasteiger partial charge in [0.05, 0.1) is 0 Å². The summed E-state index contributed by atoms with van der Waals surface area (Å²) < 4.78 is 0. The Balaban J connectivity index is 1.62. The maximum absolute atomic E-state index is 7.40. The van der Waals surface area contributed by atoms with Crippen LogP contribution in [0.1, 0.15) is 62.3 Å². The lowest BCUT2D eigenvalue weighted by Gasteiger charge is -2.23. The Bertz CT molecular complexity index is 522. The van der Waals surface area contributed by atoms with E-state index in [-0.39, 0.29) is 0 Å². The van der Waals surface area contributed by atoms with Gasteiger partial charge in [-0.1, -0.05) is 36.2 Å². The van der Waals surface area contributed by atoms with Crippen molar-refractivity contribution in [1.82, 2.24) is 10.2 Å². The highest BCUT2D eigenvalue weighted by Crippen LogP contribution is 2.53. The number of nitrogens with two attached hydrogens (primary N) is 1. The van der Waals surface area contributed by atoms with Crippen molar-refractivity contribution in [3.05, 3.63) is 16.7 Å². The molecule has 0 aromatic carbocycles. The van der Waals surface area contributed by atoms with Crippen molar-refractivity contribution in [1.29, 1.82) is 5.41 Å². The van der Waals surface area contributed by atoms with E-state index in [9.17, 15) is 0 Å². The van der Waals surface area contributed by atoms with Crippen molar-refractivity contribution in [2.75, 3.05) is 5.73 Å². The van der Waals surface area contributed by atoms with E-state index in [0.29, 0.717) is 17.0 Å². The van der Waals surface area contributed by atoms with E-state index in [1.807, 2.05) is 0 Å². The molecule has 2 aliphatic carbocycles. The molecule has 3 N–H and O–H groups in total. The Hall–Kier alpha value is -1.23. The highest BCUT2D eigenvalue weighted by Gasteiger charge is 2.42. The third kappa shape index (κ3) is 3.70. The maximum Gasteiger partial charge on any atom is 0.203 e. The van der Waals surface area contributed by atoms with E-state index < -0.39 is 0 Å². The molecule has 0 aliphatic heterocycles. The highest BCUT2D eigenvalue weighted by atomic mass is 32.1. The van der Waals surface area contributed by atoms with Crippen LogP contribution in [-0.4, -0.2) is 16.4 Å². The van der Waals surface area contributed by atoms with Crippen LogP contribution in [0.2, 0.25) is 0 Å². The predicted molar refractivity (Wildman–Crippen MR) is 87.8 cm³/mol. The molecular weight excluding hydrogens is 280 g/mol. The number of aromatic nitrogens is 2. The van der Waals surface area contributed by atoms with Crippen LogP contribution < -0.4 is 5.73 Å². The molecule has 1 aromatic rings. The minimum atomic E-state index is 0.589. The first-order valence-corrected chi connectivity index (χ1v) is 8.88. The second kappa shape index (κ2) is 6.69. The zero-order valence-electron chi connectivity index (χ0n) is 12.4. The molecule has 0 radical (unpaired) electrons. The molecule has 2 aliphatic rings. The van der Waals surface area contributed by atoms with E-state index in [0.717, 1.165) is 10.9 Å². The van der Waals surface area contributed by atoms with Crippen molar-refractivity contribution >= 4 is 22.7 Å². The number of allylic oxidation sites excluding steroid dienone is 2. The Morgan fingerprint density at radius 3 is 2.86 bits per heavy atom. The van der Waals surface area contributed by atoms with Crippen LogP contribution in [0.25, 0.3) is 0 Å². The van der Waals surface area contributed by atoms with Crippen LogP contribution in [-0.2, 0) is 0 Å². The summed E-state index contributed by atoms with van der Waals surface area (Å²) >= 11 is 1.55. The third-order valence-electron chi connectivity index (χ3n) is 4.87. The first-order valence-electron chi connectivity index (χ1n) is 8.06. The molecule has 0 saturated heterocycles. The number of hydrogen-bond acceptors (Lipinski definition) is 5. The molecule has 0 amide bonds. The molecule has 114 valence electrons. The molecule has 0 bridgehead atoms. The number of nitrogen functional groups attached to an aromatic ring is 1. The topological polar surface area (TPSA) is 75.7 Å². The lowest BCUT2D eigenvalue weighted by Crippen LogP contribution is -2.09. The van der Waals surface area contributed by atoms with Gasteiger partial charge in [0.25, 0.3) is 0 Å². The second-order valence-corrected chi connectivity index (χ2v) is 7.42. The summed E-state index contributed by atoms with van der Waals surface area (Å²) in [4.78, 5) is 0. The fourth-order valence-corrected chi connectivity index (χ4v) is 4.45. The zero-order valence-corrected chi connectivity index (χ0v) is 13.2. The Kier molecular flexibility index (Phi) is 4.68. The van der Waals surface area contributed by atoms with Gasteiger partial charge in [0, 0.05) is 12.1 Å². The third-order valence-corrected chi connectivity index (χ3v) is 5.76. The van der Waals surface area contributed by atoms with Crippen molar-refractivity contribution in [3.8, 4) is 0 Å². The van der Waals surface area contributed by atoms with Crippen LogP contribution in [0.4, 0.5) is 5.13 Å². The van der Waals surface area contributed by atoms with E-state index in [4.69, 9.17) is 11.1 Å². The van der Waals surface area contributed by atoms with Gasteiger partial charge in [-0.25, -0.2) is 0 Å². The Morgan fingerprint density at radius 1 is 1.24 bits per heavy atom. The molecule has 1 aromatic heterocycles. The lowest BCUT2D eigenvalue weighted by molar-refractivity contribution is 0.417. The second-order valence-electron chi connectivity index (χ2n) is 6.37. The summed E-state index contributed by atoms with van der Waals surface area (Å²) in [7, 11) is 0. The zero-order chi connectivity index (χ0) is 14.7. The summed E-state index contributed by atoms with van der Waals surface area (Å²) in [6, 6.07) is 0. The minimum Gasteiger partial charge on any atom is -0.374 e. The minimum absolute atomic E-state index is 0.589. The van der Waals surface area contributed by atoms with Gasteiger partial charge in [-0.2, -0.15) is 0 Å². The van der Waals surface area contributed by atoms with Crippen LogP contribution >= 0.6 is 11.3 Å². The average molecular weight is 304 g/mol. The van der Waals surface area contributed by atoms with Crippen LogP contribution in [0.5, 0.6) is 0 Å². The first-order chi connectivity index (χ1) is 10.3. The largest absolute Gasteiger partial charge is 0.374 e. The molecule has 21 heavy (non-hydrogen) atoms. The van der Waals surface area contributed by atoms with Crippen LogP contribution in [0.15, 0.2) is 11.6 Å². The van der Waals surface area contributed by atoms with Crippen molar-refractivity contribution in [3.63, 3.8) is 0 Å². The molecule has 3 rings (SSSR count). The quantitative estimate of drug-likeness (QED) is 0.820. The standard InChI is InChI=1S/C16H24N4S/c17-8-7-11-5-3-1-2-4-6-12(11)9-13-10-14(13)15-19-20-16(18)21-15/h7-8,12-14,17H,1-6,9-10H2,(H2,18,20)/b11-7+,17-8?. The molecular formula is C16H24N4S. The summed E-state index contributed by atoms with van der Waals surface area (Å²) in [6.07, 6.45) is 13.8. The van der Waals surface area contributed by atoms with Gasteiger partial charge in [-0.15, -0.1) is 10.2 Å². The monoisotopic (exact) mass is 304 g/mol. The van der Waals surface area contributed by atoms with Gasteiger partial charge in [0.15, 0.2) is 0 Å². The number of nitrogens with one attached hydrogen (secondary N) is 1. The molecule has 1 heterocycles. The molecule has 2 fully saturated rings. The highest BCUT2D eigenvalue weighted by molar-refractivity contribution is 7.15. The van der Waals surface area contributed by atoms with Crippen molar-refractivity contribution < 1.29 is 0 Å². The fourth-order valence-electron chi connectivity index (χ4n) is 3.63. The van der Waals surface area contributed by atoms with Crippen LogP contribution in [0.3, 0.4) is 0 Å². The molecule has 5 heteroatoms. The van der Waals surface area contributed by atoms with E-state index in [1.165, 1.54) is 63.2 Å². The van der Waals surface area contributed by atoms with Gasteiger partial charge in [0.2, 0.25) is 5.13 Å². The SMILES string of the molecule is N=C/C=C1\CCCCCCC1CC1CC1c1nnc(N)s1. The van der Waals surface area contributed by atoms with Gasteiger partial charge in [0.1, 0.15) is 5.01 Å². The first kappa shape index (κ1) is 14.7. The summed E-state index contributed by atoms with van der Waals surface area (Å²) in [5.74, 6) is 2.01. The van der Waals surface area contributed by atoms with E-state index in [2.05, 4.69) is 16.3 Å². The van der Waals surface area contributed by atoms with E-state index in [1.54, 1.807) is 11.3 Å². The van der Waals surface area contributed by atoms with Gasteiger partial charge in [-0.05, 0) is 50.0 Å². The fraction of sp³-hybridized carbons (Fsp3) is 0.688. The van der Waals surface area contributed by atoms with Crippen LogP contribution in [0, 0.1) is 17.2 Å². The number of nitrogens with zero attached hydrogens (tertiary/aromatic N) is 2. The summed E-state index contributed by atoms with van der Waals surface area (Å²) in [5, 5.41) is 17.3. The van der Waals surface area contributed by atoms with Gasteiger partial charge in [-0.3, -0.25) is 0 Å². The number of rotatable bonds is 4. The molecule has 2 saturated carbocycles. The lowest BCUT2D eigenvalue weighted by atomic mass is 9.83. The van der Waals surface area contributed by atoms with Gasteiger partial charge >= 0.3 is 0 Å².